The zero-order chi connectivity index (χ0) is 13.4. The van der Waals surface area contributed by atoms with Gasteiger partial charge in [-0.2, -0.15) is 0 Å². The number of nitrogens with one attached hydrogen (secondary N) is 1. The highest BCUT2D eigenvalue weighted by Crippen LogP contribution is 2.20. The van der Waals surface area contributed by atoms with Crippen molar-refractivity contribution in [2.45, 2.75) is 39.0 Å². The van der Waals surface area contributed by atoms with Crippen LogP contribution in [0.25, 0.3) is 0 Å². The van der Waals surface area contributed by atoms with Crippen LogP contribution >= 0.6 is 0 Å². The molecule has 0 aliphatic carbocycles. The van der Waals surface area contributed by atoms with Crippen molar-refractivity contribution in [3.8, 4) is 5.75 Å². The van der Waals surface area contributed by atoms with E-state index in [0.717, 1.165) is 31.4 Å². The monoisotopic (exact) mass is 251 g/mol. The first-order valence-corrected chi connectivity index (χ1v) is 6.30. The molecule has 0 bridgehead atoms. The molecule has 0 saturated heterocycles. The molecular weight excluding hydrogens is 230 g/mol. The minimum absolute atomic E-state index is 0.00270. The highest BCUT2D eigenvalue weighted by atomic mass is 16.3. The van der Waals surface area contributed by atoms with E-state index in [2.05, 4.69) is 10.3 Å². The van der Waals surface area contributed by atoms with Gasteiger partial charge in [-0.1, -0.05) is 12.8 Å². The van der Waals surface area contributed by atoms with Gasteiger partial charge in [-0.15, -0.1) is 0 Å². The molecule has 0 spiro atoms. The third kappa shape index (κ3) is 5.14. The highest BCUT2D eigenvalue weighted by Gasteiger charge is 2.07. The molecular formula is C13H21N3O2. The molecule has 5 heteroatoms. The second kappa shape index (κ2) is 7.66. The van der Waals surface area contributed by atoms with Crippen LogP contribution in [0.1, 0.15) is 37.8 Å². The van der Waals surface area contributed by atoms with E-state index < -0.39 is 0 Å². The maximum absolute atomic E-state index is 11.6. The Labute approximate surface area is 107 Å². The van der Waals surface area contributed by atoms with E-state index in [-0.39, 0.29) is 17.5 Å². The molecule has 0 aromatic carbocycles. The van der Waals surface area contributed by atoms with Crippen molar-refractivity contribution in [2.75, 3.05) is 11.9 Å². The summed E-state index contributed by atoms with van der Waals surface area (Å²) in [5.74, 6) is 0.121. The number of aromatic hydroxyl groups is 1. The van der Waals surface area contributed by atoms with Gasteiger partial charge >= 0.3 is 0 Å². The number of aromatic nitrogens is 1. The lowest BCUT2D eigenvalue weighted by atomic mass is 10.1. The second-order valence-electron chi connectivity index (χ2n) is 4.32. The summed E-state index contributed by atoms with van der Waals surface area (Å²) in [6.07, 6.45) is 4.33. The molecule has 0 aliphatic heterocycles. The van der Waals surface area contributed by atoms with Gasteiger partial charge in [-0.05, 0) is 38.4 Å². The highest BCUT2D eigenvalue weighted by molar-refractivity contribution is 5.90. The predicted molar refractivity (Wildman–Crippen MR) is 71.4 cm³/mol. The molecule has 1 amide bonds. The molecule has 0 radical (unpaired) electrons. The number of hydrogen-bond acceptors (Lipinski definition) is 4. The number of pyridine rings is 1. The van der Waals surface area contributed by atoms with Crippen LogP contribution in [0, 0.1) is 6.92 Å². The number of anilines is 1. The van der Waals surface area contributed by atoms with E-state index in [0.29, 0.717) is 13.0 Å². The summed E-state index contributed by atoms with van der Waals surface area (Å²) >= 11 is 0. The molecule has 18 heavy (non-hydrogen) atoms. The lowest BCUT2D eigenvalue weighted by molar-refractivity contribution is -0.116. The lowest BCUT2D eigenvalue weighted by Crippen LogP contribution is -2.12. The second-order valence-corrected chi connectivity index (χ2v) is 4.32. The molecule has 0 fully saturated rings. The largest absolute Gasteiger partial charge is 0.504 e. The fourth-order valence-electron chi connectivity index (χ4n) is 1.62. The van der Waals surface area contributed by atoms with Gasteiger partial charge in [-0.25, -0.2) is 4.98 Å². The summed E-state index contributed by atoms with van der Waals surface area (Å²) in [5.41, 5.74) is 6.14. The summed E-state index contributed by atoms with van der Waals surface area (Å²) < 4.78 is 0. The summed E-state index contributed by atoms with van der Waals surface area (Å²) in [6.45, 7) is 2.51. The predicted octanol–water partition coefficient (Wildman–Crippen LogP) is 1.94. The number of amides is 1. The Morgan fingerprint density at radius 2 is 2.06 bits per heavy atom. The molecule has 0 unspecified atom stereocenters. The Morgan fingerprint density at radius 1 is 1.33 bits per heavy atom. The van der Waals surface area contributed by atoms with E-state index in [1.165, 1.54) is 6.07 Å². The number of hydrogen-bond donors (Lipinski definition) is 3. The molecule has 1 heterocycles. The van der Waals surface area contributed by atoms with Crippen molar-refractivity contribution in [3.05, 3.63) is 17.8 Å². The number of carbonyl (C=O) groups excluding carboxylic acids is 1. The van der Waals surface area contributed by atoms with Crippen LogP contribution in [0.4, 0.5) is 5.82 Å². The normalized spacial score (nSPS) is 10.3. The van der Waals surface area contributed by atoms with Crippen molar-refractivity contribution < 1.29 is 9.90 Å². The van der Waals surface area contributed by atoms with Crippen LogP contribution in [-0.4, -0.2) is 22.5 Å². The molecule has 1 aromatic heterocycles. The van der Waals surface area contributed by atoms with Gasteiger partial charge in [0, 0.05) is 12.1 Å². The van der Waals surface area contributed by atoms with Gasteiger partial charge in [0.2, 0.25) is 5.91 Å². The number of carbonyl (C=O) groups is 1. The zero-order valence-electron chi connectivity index (χ0n) is 10.8. The Hall–Kier alpha value is -1.62. The first-order chi connectivity index (χ1) is 8.63. The molecule has 100 valence electrons. The molecule has 0 atom stereocenters. The van der Waals surface area contributed by atoms with Gasteiger partial charge < -0.3 is 16.2 Å². The summed E-state index contributed by atoms with van der Waals surface area (Å²) in [5, 5.41) is 12.2. The molecule has 1 aromatic rings. The molecule has 1 rings (SSSR count). The SMILES string of the molecule is Cc1ccc(O)c(NC(=O)CCCCCCN)n1. The maximum atomic E-state index is 11.6. The fraction of sp³-hybridized carbons (Fsp3) is 0.538. The fourth-order valence-corrected chi connectivity index (χ4v) is 1.62. The Balaban J connectivity index is 2.33. The van der Waals surface area contributed by atoms with Gasteiger partial charge in [0.05, 0.1) is 0 Å². The van der Waals surface area contributed by atoms with Crippen LogP contribution in [-0.2, 0) is 4.79 Å². The average molecular weight is 251 g/mol. The standard InChI is InChI=1S/C13H21N3O2/c1-10-7-8-11(17)13(15-10)16-12(18)6-4-2-3-5-9-14/h7-8,17H,2-6,9,14H2,1H3,(H,15,16,18). The van der Waals surface area contributed by atoms with E-state index in [4.69, 9.17) is 5.73 Å². The van der Waals surface area contributed by atoms with Crippen molar-refractivity contribution in [2.24, 2.45) is 5.73 Å². The smallest absolute Gasteiger partial charge is 0.225 e. The Bertz CT molecular complexity index is 394. The third-order valence-electron chi connectivity index (χ3n) is 2.63. The first-order valence-electron chi connectivity index (χ1n) is 6.30. The minimum atomic E-state index is -0.115. The van der Waals surface area contributed by atoms with Gasteiger partial charge in [0.1, 0.15) is 0 Å². The van der Waals surface area contributed by atoms with Gasteiger partial charge in [0.15, 0.2) is 11.6 Å². The Kier molecular flexibility index (Phi) is 6.14. The summed E-state index contributed by atoms with van der Waals surface area (Å²) in [6, 6.07) is 3.22. The average Bonchev–Trinajstić information content (AvgIpc) is 2.33. The summed E-state index contributed by atoms with van der Waals surface area (Å²) in [4.78, 5) is 15.7. The number of rotatable bonds is 7. The minimum Gasteiger partial charge on any atom is -0.504 e. The molecule has 5 nitrogen and oxygen atoms in total. The number of nitrogens with two attached hydrogens (primary N) is 1. The maximum Gasteiger partial charge on any atom is 0.225 e. The van der Waals surface area contributed by atoms with Crippen molar-refractivity contribution in [3.63, 3.8) is 0 Å². The van der Waals surface area contributed by atoms with E-state index >= 15 is 0 Å². The lowest BCUT2D eigenvalue weighted by Gasteiger charge is -2.07. The van der Waals surface area contributed by atoms with E-state index in [1.807, 2.05) is 6.92 Å². The van der Waals surface area contributed by atoms with E-state index in [9.17, 15) is 9.90 Å². The molecule has 0 saturated carbocycles. The van der Waals surface area contributed by atoms with Crippen molar-refractivity contribution in [1.29, 1.82) is 0 Å². The van der Waals surface area contributed by atoms with Gasteiger partial charge in [-0.3, -0.25) is 4.79 Å². The topological polar surface area (TPSA) is 88.2 Å². The number of aryl methyl sites for hydroxylation is 1. The zero-order valence-corrected chi connectivity index (χ0v) is 10.8. The molecule has 4 N–H and O–H groups in total. The number of unbranched alkanes of at least 4 members (excludes halogenated alkanes) is 3. The number of nitrogens with zero attached hydrogens (tertiary/aromatic N) is 1. The van der Waals surface area contributed by atoms with Gasteiger partial charge in [0.25, 0.3) is 0 Å². The van der Waals surface area contributed by atoms with E-state index in [1.54, 1.807) is 6.07 Å². The van der Waals surface area contributed by atoms with Crippen molar-refractivity contribution in [1.82, 2.24) is 4.98 Å². The van der Waals surface area contributed by atoms with Crippen LogP contribution in [0.3, 0.4) is 0 Å². The quantitative estimate of drug-likeness (QED) is 0.646. The van der Waals surface area contributed by atoms with Crippen LogP contribution in [0.2, 0.25) is 0 Å². The molecule has 0 aliphatic rings. The third-order valence-corrected chi connectivity index (χ3v) is 2.63. The Morgan fingerprint density at radius 3 is 2.78 bits per heavy atom. The van der Waals surface area contributed by atoms with Crippen molar-refractivity contribution >= 4 is 11.7 Å². The summed E-state index contributed by atoms with van der Waals surface area (Å²) in [7, 11) is 0. The van der Waals surface area contributed by atoms with Crippen LogP contribution < -0.4 is 11.1 Å². The van der Waals surface area contributed by atoms with Crippen LogP contribution in [0.15, 0.2) is 12.1 Å². The first kappa shape index (κ1) is 14.4. The van der Waals surface area contributed by atoms with Crippen LogP contribution in [0.5, 0.6) is 5.75 Å².